The monoisotopic (exact) mass is 287 g/mol. The van der Waals surface area contributed by atoms with E-state index in [1.165, 1.54) is 9.58 Å². The van der Waals surface area contributed by atoms with Gasteiger partial charge in [0.25, 0.3) is 5.91 Å². The molecule has 0 radical (unpaired) electrons. The van der Waals surface area contributed by atoms with Gasteiger partial charge in [-0.05, 0) is 12.1 Å². The van der Waals surface area contributed by atoms with Gasteiger partial charge in [0.15, 0.2) is 0 Å². The van der Waals surface area contributed by atoms with Crippen LogP contribution < -0.4 is 11.1 Å². The van der Waals surface area contributed by atoms with Crippen molar-refractivity contribution < 1.29 is 9.59 Å². The molecule has 0 aliphatic rings. The van der Waals surface area contributed by atoms with E-state index in [1.807, 2.05) is 12.1 Å². The minimum Gasteiger partial charge on any atom is -0.351 e. The van der Waals surface area contributed by atoms with Crippen LogP contribution in [-0.4, -0.2) is 40.7 Å². The molecule has 0 saturated carbocycles. The number of urea groups is 1. The molecule has 1 aromatic carbocycles. The fourth-order valence-corrected chi connectivity index (χ4v) is 1.89. The van der Waals surface area contributed by atoms with Gasteiger partial charge in [-0.2, -0.15) is 5.10 Å². The Hall–Kier alpha value is -2.83. The predicted molar refractivity (Wildman–Crippen MR) is 79.9 cm³/mol. The second-order valence-corrected chi connectivity index (χ2v) is 4.80. The summed E-state index contributed by atoms with van der Waals surface area (Å²) in [6.45, 7) is 0. The Morgan fingerprint density at radius 2 is 1.86 bits per heavy atom. The third kappa shape index (κ3) is 3.19. The van der Waals surface area contributed by atoms with Crippen molar-refractivity contribution in [3.05, 3.63) is 35.9 Å². The molecule has 21 heavy (non-hydrogen) atoms. The molecular formula is C14H17N5O2. The van der Waals surface area contributed by atoms with E-state index in [1.54, 1.807) is 39.3 Å². The van der Waals surface area contributed by atoms with Crippen molar-refractivity contribution in [1.82, 2.24) is 14.7 Å². The first-order chi connectivity index (χ1) is 9.88. The second-order valence-electron chi connectivity index (χ2n) is 4.80. The van der Waals surface area contributed by atoms with Crippen LogP contribution in [0.15, 0.2) is 30.3 Å². The molecule has 1 aromatic heterocycles. The van der Waals surface area contributed by atoms with Gasteiger partial charge in [0.1, 0.15) is 5.82 Å². The van der Waals surface area contributed by atoms with Gasteiger partial charge in [0.2, 0.25) is 0 Å². The Bertz CT molecular complexity index is 673. The van der Waals surface area contributed by atoms with Crippen molar-refractivity contribution in [2.75, 3.05) is 19.4 Å². The number of nitrogens with two attached hydrogens (primary N) is 1. The highest BCUT2D eigenvalue weighted by Gasteiger charge is 2.11. The lowest BCUT2D eigenvalue weighted by atomic mass is 10.1. The molecule has 7 nitrogen and oxygen atoms in total. The van der Waals surface area contributed by atoms with E-state index in [-0.39, 0.29) is 5.91 Å². The molecule has 0 aliphatic heterocycles. The maximum Gasteiger partial charge on any atom is 0.317 e. The summed E-state index contributed by atoms with van der Waals surface area (Å²) in [4.78, 5) is 24.2. The normalized spacial score (nSPS) is 10.2. The molecular weight excluding hydrogens is 270 g/mol. The van der Waals surface area contributed by atoms with E-state index in [9.17, 15) is 9.59 Å². The van der Waals surface area contributed by atoms with Crippen molar-refractivity contribution in [3.8, 4) is 11.3 Å². The molecule has 0 spiro atoms. The second kappa shape index (κ2) is 5.66. The minimum atomic E-state index is -0.642. The Morgan fingerprint density at radius 3 is 2.38 bits per heavy atom. The first-order valence-electron chi connectivity index (χ1n) is 6.31. The van der Waals surface area contributed by atoms with Crippen LogP contribution in [0.2, 0.25) is 0 Å². The Labute approximate surface area is 122 Å². The number of primary amides is 1. The largest absolute Gasteiger partial charge is 0.351 e. The number of nitrogens with zero attached hydrogens (tertiary/aromatic N) is 3. The highest BCUT2D eigenvalue weighted by Crippen LogP contribution is 2.22. The van der Waals surface area contributed by atoms with Crippen molar-refractivity contribution in [1.29, 1.82) is 0 Å². The summed E-state index contributed by atoms with van der Waals surface area (Å²) >= 11 is 0. The fraction of sp³-hybridized carbons (Fsp3) is 0.214. The number of aryl methyl sites for hydroxylation is 1. The highest BCUT2D eigenvalue weighted by molar-refractivity contribution is 5.94. The van der Waals surface area contributed by atoms with Crippen LogP contribution in [-0.2, 0) is 7.05 Å². The van der Waals surface area contributed by atoms with Crippen molar-refractivity contribution >= 4 is 17.8 Å². The van der Waals surface area contributed by atoms with Crippen LogP contribution >= 0.6 is 0 Å². The smallest absolute Gasteiger partial charge is 0.317 e. The summed E-state index contributed by atoms with van der Waals surface area (Å²) < 4.78 is 1.53. The van der Waals surface area contributed by atoms with E-state index >= 15 is 0 Å². The molecule has 110 valence electrons. The quantitative estimate of drug-likeness (QED) is 0.890. The number of carbonyl (C=O) groups is 2. The van der Waals surface area contributed by atoms with Crippen LogP contribution in [0.25, 0.3) is 11.3 Å². The first-order valence-corrected chi connectivity index (χ1v) is 6.31. The SMILES string of the molecule is CN(C)C(=O)c1ccc(-c2cc(NC(N)=O)n(C)n2)cc1. The van der Waals surface area contributed by atoms with E-state index in [0.717, 1.165) is 5.56 Å². The van der Waals surface area contributed by atoms with Gasteiger partial charge in [-0.3, -0.25) is 14.8 Å². The molecule has 0 unspecified atom stereocenters. The number of hydrogen-bond donors (Lipinski definition) is 2. The number of aromatic nitrogens is 2. The molecule has 7 heteroatoms. The fourth-order valence-electron chi connectivity index (χ4n) is 1.89. The van der Waals surface area contributed by atoms with Crippen LogP contribution in [0, 0.1) is 0 Å². The molecule has 2 rings (SSSR count). The van der Waals surface area contributed by atoms with Gasteiger partial charge in [0, 0.05) is 38.3 Å². The maximum absolute atomic E-state index is 11.8. The minimum absolute atomic E-state index is 0.0568. The Morgan fingerprint density at radius 1 is 1.24 bits per heavy atom. The lowest BCUT2D eigenvalue weighted by molar-refractivity contribution is 0.0827. The standard InChI is InChI=1S/C14H17N5O2/c1-18(2)13(20)10-6-4-9(5-7-10)11-8-12(16-14(15)21)19(3)17-11/h4-8H,1-3H3,(H3,15,16,21). The summed E-state index contributed by atoms with van der Waals surface area (Å²) in [5.41, 5.74) is 7.23. The van der Waals surface area contributed by atoms with Crippen LogP contribution in [0.3, 0.4) is 0 Å². The average molecular weight is 287 g/mol. The highest BCUT2D eigenvalue weighted by atomic mass is 16.2. The molecule has 3 N–H and O–H groups in total. The number of amides is 3. The number of nitrogens with one attached hydrogen (secondary N) is 1. The number of anilines is 1. The van der Waals surface area contributed by atoms with Gasteiger partial charge in [-0.15, -0.1) is 0 Å². The van der Waals surface area contributed by atoms with Crippen molar-refractivity contribution in [2.24, 2.45) is 12.8 Å². The molecule has 0 bridgehead atoms. The van der Waals surface area contributed by atoms with Gasteiger partial charge in [-0.25, -0.2) is 4.79 Å². The molecule has 0 saturated heterocycles. The summed E-state index contributed by atoms with van der Waals surface area (Å²) in [6.07, 6.45) is 0. The van der Waals surface area contributed by atoms with Crippen LogP contribution in [0.5, 0.6) is 0 Å². The zero-order valence-electron chi connectivity index (χ0n) is 12.1. The third-order valence-electron chi connectivity index (χ3n) is 2.96. The lowest BCUT2D eigenvalue weighted by Crippen LogP contribution is -2.21. The van der Waals surface area contributed by atoms with E-state index in [2.05, 4.69) is 10.4 Å². The van der Waals surface area contributed by atoms with Crippen LogP contribution in [0.1, 0.15) is 10.4 Å². The molecule has 0 fully saturated rings. The van der Waals surface area contributed by atoms with E-state index in [4.69, 9.17) is 5.73 Å². The van der Waals surface area contributed by atoms with Gasteiger partial charge >= 0.3 is 6.03 Å². The van der Waals surface area contributed by atoms with E-state index < -0.39 is 6.03 Å². The first kappa shape index (κ1) is 14.6. The molecule has 3 amide bonds. The Balaban J connectivity index is 2.27. The number of hydrogen-bond acceptors (Lipinski definition) is 3. The predicted octanol–water partition coefficient (Wildman–Crippen LogP) is 1.28. The molecule has 2 aromatic rings. The summed E-state index contributed by atoms with van der Waals surface area (Å²) in [6, 6.07) is 8.19. The summed E-state index contributed by atoms with van der Waals surface area (Å²) in [5.74, 6) is 0.449. The average Bonchev–Trinajstić information content (AvgIpc) is 2.78. The summed E-state index contributed by atoms with van der Waals surface area (Å²) in [7, 11) is 5.12. The van der Waals surface area contributed by atoms with Gasteiger partial charge < -0.3 is 10.6 Å². The summed E-state index contributed by atoms with van der Waals surface area (Å²) in [5, 5.41) is 6.78. The van der Waals surface area contributed by atoms with Crippen LogP contribution in [0.4, 0.5) is 10.6 Å². The lowest BCUT2D eigenvalue weighted by Gasteiger charge is -2.10. The zero-order valence-corrected chi connectivity index (χ0v) is 12.1. The molecule has 0 aliphatic carbocycles. The zero-order chi connectivity index (χ0) is 15.6. The van der Waals surface area contributed by atoms with E-state index in [0.29, 0.717) is 17.1 Å². The number of rotatable bonds is 3. The maximum atomic E-state index is 11.8. The molecule has 0 atom stereocenters. The number of benzene rings is 1. The van der Waals surface area contributed by atoms with Crippen molar-refractivity contribution in [3.63, 3.8) is 0 Å². The Kier molecular flexibility index (Phi) is 3.93. The third-order valence-corrected chi connectivity index (χ3v) is 2.96. The topological polar surface area (TPSA) is 93.3 Å². The number of carbonyl (C=O) groups excluding carboxylic acids is 2. The van der Waals surface area contributed by atoms with Gasteiger partial charge in [0.05, 0.1) is 5.69 Å². The van der Waals surface area contributed by atoms with Crippen molar-refractivity contribution in [2.45, 2.75) is 0 Å². The van der Waals surface area contributed by atoms with Gasteiger partial charge in [-0.1, -0.05) is 12.1 Å². The molecule has 1 heterocycles.